The molecule has 1 aromatic heterocycles. The number of nitrogens with zero attached hydrogens (tertiary/aromatic N) is 2. The first-order valence-corrected chi connectivity index (χ1v) is 15.5. The number of pyridine rings is 1. The van der Waals surface area contributed by atoms with Crippen LogP contribution in [0.1, 0.15) is 87.2 Å². The Morgan fingerprint density at radius 1 is 1.17 bits per heavy atom. The average molecular weight is 573 g/mol. The van der Waals surface area contributed by atoms with E-state index in [-0.39, 0.29) is 17.8 Å². The first-order valence-electron chi connectivity index (χ1n) is 15.5. The van der Waals surface area contributed by atoms with E-state index in [0.29, 0.717) is 30.0 Å². The van der Waals surface area contributed by atoms with Gasteiger partial charge in [0.15, 0.2) is 0 Å². The van der Waals surface area contributed by atoms with Crippen molar-refractivity contribution in [2.45, 2.75) is 83.9 Å². The number of hydrogen-bond donors (Lipinski definition) is 1. The Bertz CT molecular complexity index is 1450. The number of fused-ring (bicyclic) bond motifs is 1. The minimum Gasteiger partial charge on any atom is -0.485 e. The third-order valence-corrected chi connectivity index (χ3v) is 9.47. The largest absolute Gasteiger partial charge is 0.485 e. The van der Waals surface area contributed by atoms with Gasteiger partial charge in [0.2, 0.25) is 5.88 Å². The summed E-state index contributed by atoms with van der Waals surface area (Å²) in [5.41, 5.74) is 5.79. The van der Waals surface area contributed by atoms with Crippen LogP contribution in [0.2, 0.25) is 0 Å². The van der Waals surface area contributed by atoms with Gasteiger partial charge < -0.3 is 14.6 Å². The average Bonchev–Trinajstić information content (AvgIpc) is 3.74. The predicted octanol–water partition coefficient (Wildman–Crippen LogP) is 7.55. The van der Waals surface area contributed by atoms with E-state index < -0.39 is 11.9 Å². The smallest absolute Gasteiger partial charge is 0.306 e. The Balaban J connectivity index is 1.33. The number of carboxylic acid groups (broad SMARTS) is 1. The van der Waals surface area contributed by atoms with Crippen LogP contribution >= 0.6 is 0 Å². The summed E-state index contributed by atoms with van der Waals surface area (Å²) in [4.78, 5) is 18.5. The van der Waals surface area contributed by atoms with Crippen molar-refractivity contribution in [2.75, 3.05) is 13.2 Å². The van der Waals surface area contributed by atoms with Crippen LogP contribution in [-0.4, -0.2) is 40.2 Å². The van der Waals surface area contributed by atoms with E-state index in [1.807, 2.05) is 19.9 Å². The highest BCUT2D eigenvalue weighted by Gasteiger charge is 2.39. The second kappa shape index (κ2) is 12.0. The van der Waals surface area contributed by atoms with Crippen LogP contribution in [0, 0.1) is 17.7 Å². The zero-order chi connectivity index (χ0) is 29.4. The molecule has 0 spiro atoms. The van der Waals surface area contributed by atoms with Gasteiger partial charge in [0.05, 0.1) is 18.7 Å². The Labute approximate surface area is 247 Å². The monoisotopic (exact) mass is 572 g/mol. The van der Waals surface area contributed by atoms with Crippen LogP contribution in [0.15, 0.2) is 48.7 Å². The molecule has 3 heterocycles. The van der Waals surface area contributed by atoms with Gasteiger partial charge in [0, 0.05) is 24.2 Å². The summed E-state index contributed by atoms with van der Waals surface area (Å²) >= 11 is 0. The van der Waals surface area contributed by atoms with Gasteiger partial charge in [-0.15, -0.1) is 0 Å². The molecule has 6 nitrogen and oxygen atoms in total. The highest BCUT2D eigenvalue weighted by atomic mass is 19.1. The van der Waals surface area contributed by atoms with Gasteiger partial charge in [0.25, 0.3) is 0 Å². The van der Waals surface area contributed by atoms with Crippen molar-refractivity contribution in [1.29, 1.82) is 0 Å². The molecular formula is C35H41FN2O4. The Morgan fingerprint density at radius 3 is 2.71 bits per heavy atom. The van der Waals surface area contributed by atoms with Gasteiger partial charge in [-0.25, -0.2) is 9.37 Å². The van der Waals surface area contributed by atoms with E-state index in [1.165, 1.54) is 24.6 Å². The highest BCUT2D eigenvalue weighted by Crippen LogP contribution is 2.48. The van der Waals surface area contributed by atoms with Gasteiger partial charge in [-0.2, -0.15) is 0 Å². The third-order valence-electron chi connectivity index (χ3n) is 9.47. The summed E-state index contributed by atoms with van der Waals surface area (Å²) in [6, 6.07) is 14.7. The van der Waals surface area contributed by atoms with Gasteiger partial charge in [-0.05, 0) is 111 Å². The molecule has 1 N–H and O–H groups in total. The molecular weight excluding hydrogens is 531 g/mol. The molecule has 6 rings (SSSR count). The van der Waals surface area contributed by atoms with Crippen molar-refractivity contribution in [3.8, 4) is 22.8 Å². The minimum atomic E-state index is -0.747. The fourth-order valence-corrected chi connectivity index (χ4v) is 6.93. The molecule has 1 saturated heterocycles. The lowest BCUT2D eigenvalue weighted by Crippen LogP contribution is -2.27. The molecule has 2 aromatic carbocycles. The minimum absolute atomic E-state index is 0.000104. The molecule has 0 radical (unpaired) electrons. The molecule has 2 unspecified atom stereocenters. The van der Waals surface area contributed by atoms with E-state index in [4.69, 9.17) is 9.47 Å². The first-order chi connectivity index (χ1) is 20.3. The van der Waals surface area contributed by atoms with Gasteiger partial charge in [-0.3, -0.25) is 9.69 Å². The Kier molecular flexibility index (Phi) is 8.22. The molecule has 2 fully saturated rings. The lowest BCUT2D eigenvalue weighted by Gasteiger charge is -2.31. The maximum atomic E-state index is 15.0. The number of ether oxygens (including phenoxy) is 2. The number of aliphatic carboxylic acids is 1. The Morgan fingerprint density at radius 2 is 2.00 bits per heavy atom. The number of rotatable bonds is 10. The molecule has 0 amide bonds. The molecule has 4 atom stereocenters. The lowest BCUT2D eigenvalue weighted by molar-refractivity contribution is -0.142. The molecule has 42 heavy (non-hydrogen) atoms. The fourth-order valence-electron chi connectivity index (χ4n) is 6.93. The zero-order valence-electron chi connectivity index (χ0n) is 24.8. The molecule has 3 aliphatic rings. The van der Waals surface area contributed by atoms with E-state index in [0.717, 1.165) is 66.8 Å². The van der Waals surface area contributed by atoms with E-state index in [2.05, 4.69) is 47.1 Å². The molecule has 0 bridgehead atoms. The summed E-state index contributed by atoms with van der Waals surface area (Å²) in [6.07, 6.45) is 7.36. The molecule has 1 saturated carbocycles. The molecule has 3 aromatic rings. The van der Waals surface area contributed by atoms with Crippen LogP contribution in [0.25, 0.3) is 11.1 Å². The summed E-state index contributed by atoms with van der Waals surface area (Å²) in [6.45, 7) is 8.28. The van der Waals surface area contributed by atoms with Crippen molar-refractivity contribution in [3.63, 3.8) is 0 Å². The van der Waals surface area contributed by atoms with Gasteiger partial charge in [0.1, 0.15) is 17.7 Å². The summed E-state index contributed by atoms with van der Waals surface area (Å²) in [5, 5.41) is 9.78. The number of carboxylic acids is 1. The summed E-state index contributed by atoms with van der Waals surface area (Å²) in [5.74, 6) is 0.141. The highest BCUT2D eigenvalue weighted by molar-refractivity contribution is 5.71. The molecule has 2 aliphatic heterocycles. The van der Waals surface area contributed by atoms with Crippen LogP contribution in [0.4, 0.5) is 4.39 Å². The molecule has 7 heteroatoms. The normalized spacial score (nSPS) is 21.8. The SMILES string of the molecule is CCOc1cc(-c2ccc(C3CCc4ccc(C(C5CC5)[C@H](C)C(=O)O)cc4O3)c(CN3CCC[C@@H]3C)c2)c(F)cn1. The topological polar surface area (TPSA) is 71.9 Å². The standard InChI is InChI=1S/C35H41FN2O4/c1-4-41-33-18-29(30(36)19-37-33)25-11-13-28(27(16-25)20-38-15-5-6-21(38)2)31-14-12-23-7-10-26(17-32(23)42-31)34(24-8-9-24)22(3)35(39)40/h7,10-11,13,16-19,21-22,24,31,34H,4-6,8-9,12,14-15,20H2,1-3H3,(H,39,40)/t21-,22-,31?,34?/m0/s1. The van der Waals surface area contributed by atoms with Crippen LogP contribution in [0.3, 0.4) is 0 Å². The third kappa shape index (κ3) is 5.89. The van der Waals surface area contributed by atoms with E-state index >= 15 is 0 Å². The predicted molar refractivity (Wildman–Crippen MR) is 160 cm³/mol. The van der Waals surface area contributed by atoms with Crippen molar-refractivity contribution in [3.05, 3.63) is 76.7 Å². The lowest BCUT2D eigenvalue weighted by atomic mass is 9.82. The molecule has 222 valence electrons. The second-order valence-corrected chi connectivity index (χ2v) is 12.3. The number of aryl methyl sites for hydroxylation is 1. The van der Waals surface area contributed by atoms with Crippen molar-refractivity contribution < 1.29 is 23.8 Å². The Hall–Kier alpha value is -3.45. The molecule has 1 aliphatic carbocycles. The number of hydrogen-bond acceptors (Lipinski definition) is 5. The van der Waals surface area contributed by atoms with Crippen molar-refractivity contribution in [1.82, 2.24) is 9.88 Å². The maximum absolute atomic E-state index is 15.0. The second-order valence-electron chi connectivity index (χ2n) is 12.3. The van der Waals surface area contributed by atoms with Gasteiger partial charge in [-0.1, -0.05) is 31.2 Å². The van der Waals surface area contributed by atoms with Crippen molar-refractivity contribution >= 4 is 5.97 Å². The maximum Gasteiger partial charge on any atom is 0.306 e. The zero-order valence-corrected chi connectivity index (χ0v) is 24.8. The van der Waals surface area contributed by atoms with Crippen LogP contribution in [-0.2, 0) is 17.8 Å². The summed E-state index contributed by atoms with van der Waals surface area (Å²) < 4.78 is 27.3. The quantitative estimate of drug-likeness (QED) is 0.270. The van der Waals surface area contributed by atoms with E-state index in [9.17, 15) is 14.3 Å². The van der Waals surface area contributed by atoms with Crippen LogP contribution in [0.5, 0.6) is 11.6 Å². The van der Waals surface area contributed by atoms with Crippen molar-refractivity contribution in [2.24, 2.45) is 11.8 Å². The number of aromatic nitrogens is 1. The number of carbonyl (C=O) groups is 1. The number of halogens is 1. The summed E-state index contributed by atoms with van der Waals surface area (Å²) in [7, 11) is 0. The van der Waals surface area contributed by atoms with Gasteiger partial charge >= 0.3 is 5.97 Å². The fraction of sp³-hybridized carbons (Fsp3) is 0.486. The van der Waals surface area contributed by atoms with E-state index in [1.54, 1.807) is 6.07 Å². The van der Waals surface area contributed by atoms with Crippen LogP contribution < -0.4 is 9.47 Å². The number of benzene rings is 2. The first kappa shape index (κ1) is 28.7. The number of likely N-dealkylation sites (tertiary alicyclic amines) is 1.